The molecule has 14 nitrogen and oxygen atoms in total. The standard InChI is InChI=1S/C42H46Cl2N4O10/c1-23-25(21-57-39-33(43)15-27(37(45-39)55-3)19-47-13-11-29(49)17-35(47)41(51)52)7-5-9-31(23)32-10-6-8-26(24(32)2)22-58-40-34(44)16-28(38(46-40)56-4)20-48-14-12-30(50)18-36(48)42(53)54/h5-11,15-16,30,35-36,49-50H,12-14,17-22H2,1-4H3,(H,51,52)(H,53,54)/t30-,35+,36+/m1/s1. The minimum Gasteiger partial charge on any atom is -0.513 e. The Hall–Kier alpha value is -5.12. The van der Waals surface area contributed by atoms with Gasteiger partial charge in [0.25, 0.3) is 0 Å². The summed E-state index contributed by atoms with van der Waals surface area (Å²) in [6.45, 7) is 5.42. The first-order chi connectivity index (χ1) is 27.8. The fraction of sp³-hybridized carbons (Fsp3) is 0.381. The van der Waals surface area contributed by atoms with Crippen molar-refractivity contribution >= 4 is 35.1 Å². The van der Waals surface area contributed by atoms with Gasteiger partial charge in [0.1, 0.15) is 35.3 Å². The van der Waals surface area contributed by atoms with Gasteiger partial charge in [0, 0.05) is 43.7 Å². The van der Waals surface area contributed by atoms with Gasteiger partial charge in [-0.1, -0.05) is 59.6 Å². The molecule has 0 spiro atoms. The topological polar surface area (TPSA) is 184 Å². The lowest BCUT2D eigenvalue weighted by atomic mass is 9.92. The number of aliphatic hydroxyl groups is 2. The second-order valence-electron chi connectivity index (χ2n) is 14.3. The molecule has 4 aromatic rings. The van der Waals surface area contributed by atoms with E-state index in [2.05, 4.69) is 9.97 Å². The van der Waals surface area contributed by atoms with Gasteiger partial charge in [-0.25, -0.2) is 0 Å². The van der Waals surface area contributed by atoms with Gasteiger partial charge in [-0.05, 0) is 78.3 Å². The lowest BCUT2D eigenvalue weighted by molar-refractivity contribution is -0.147. The molecule has 1 saturated heterocycles. The van der Waals surface area contributed by atoms with Gasteiger partial charge in [0.05, 0.1) is 26.1 Å². The first-order valence-corrected chi connectivity index (χ1v) is 19.4. The molecule has 3 atom stereocenters. The average Bonchev–Trinajstić information content (AvgIpc) is 3.19. The summed E-state index contributed by atoms with van der Waals surface area (Å²) in [5, 5.41) is 39.8. The Bertz CT molecular complexity index is 2200. The van der Waals surface area contributed by atoms with Gasteiger partial charge in [-0.15, -0.1) is 0 Å². The van der Waals surface area contributed by atoms with Gasteiger partial charge in [-0.3, -0.25) is 19.4 Å². The molecule has 2 aliphatic heterocycles. The van der Waals surface area contributed by atoms with Crippen LogP contribution < -0.4 is 18.9 Å². The Balaban J connectivity index is 1.15. The number of aliphatic carboxylic acids is 2. The largest absolute Gasteiger partial charge is 0.513 e. The number of methoxy groups -OCH3 is 2. The highest BCUT2D eigenvalue weighted by atomic mass is 35.5. The van der Waals surface area contributed by atoms with E-state index >= 15 is 0 Å². The first-order valence-electron chi connectivity index (χ1n) is 18.7. The summed E-state index contributed by atoms with van der Waals surface area (Å²) < 4.78 is 23.4. The van der Waals surface area contributed by atoms with E-state index in [1.165, 1.54) is 14.2 Å². The maximum atomic E-state index is 11.9. The number of halogens is 2. The highest BCUT2D eigenvalue weighted by Gasteiger charge is 2.34. The summed E-state index contributed by atoms with van der Waals surface area (Å²) in [5.74, 6) is -1.13. The van der Waals surface area contributed by atoms with E-state index < -0.39 is 30.1 Å². The third kappa shape index (κ3) is 9.59. The van der Waals surface area contributed by atoms with Crippen LogP contribution in [0.3, 0.4) is 0 Å². The van der Waals surface area contributed by atoms with Crippen molar-refractivity contribution in [2.24, 2.45) is 0 Å². The molecule has 6 rings (SSSR count). The second kappa shape index (κ2) is 18.6. The quantitative estimate of drug-likeness (QED) is 0.0986. The minimum atomic E-state index is -1.04. The van der Waals surface area contributed by atoms with E-state index in [-0.39, 0.29) is 85.0 Å². The predicted octanol–water partition coefficient (Wildman–Crippen LogP) is 6.75. The molecular formula is C42H46Cl2N4O10. The van der Waals surface area contributed by atoms with Crippen molar-refractivity contribution in [2.75, 3.05) is 27.3 Å². The molecule has 4 N–H and O–H groups in total. The fourth-order valence-corrected chi connectivity index (χ4v) is 7.84. The van der Waals surface area contributed by atoms with Gasteiger partial charge < -0.3 is 39.4 Å². The Kier molecular flexibility index (Phi) is 13.7. The van der Waals surface area contributed by atoms with Crippen molar-refractivity contribution < 1.29 is 49.0 Å². The van der Waals surface area contributed by atoms with Crippen LogP contribution in [0.15, 0.2) is 60.4 Å². The number of carbonyl (C=O) groups is 2. The zero-order valence-corrected chi connectivity index (χ0v) is 34.1. The number of likely N-dealkylation sites (tertiary alicyclic amines) is 1. The molecule has 308 valence electrons. The third-order valence-electron chi connectivity index (χ3n) is 10.7. The molecule has 1 fully saturated rings. The van der Waals surface area contributed by atoms with Crippen LogP contribution in [-0.4, -0.2) is 97.6 Å². The van der Waals surface area contributed by atoms with Crippen molar-refractivity contribution in [3.63, 3.8) is 0 Å². The zero-order valence-electron chi connectivity index (χ0n) is 32.6. The SMILES string of the molecule is COc1nc(OCc2cccc(-c3cccc(COc4nc(OC)c(CN5CC[C@@H](O)C[C@H]5C(=O)O)cc4Cl)c3C)c2C)c(Cl)cc1CN1CC=C(O)C[C@H]1C(=O)O. The molecule has 0 amide bonds. The molecule has 16 heteroatoms. The molecule has 4 heterocycles. The second-order valence-corrected chi connectivity index (χ2v) is 15.1. The number of hydrogen-bond donors (Lipinski definition) is 4. The van der Waals surface area contributed by atoms with E-state index in [9.17, 15) is 30.0 Å². The summed E-state index contributed by atoms with van der Waals surface area (Å²) in [7, 11) is 2.95. The molecule has 0 radical (unpaired) electrons. The summed E-state index contributed by atoms with van der Waals surface area (Å²) in [6, 6.07) is 13.5. The van der Waals surface area contributed by atoms with Crippen LogP contribution in [0.4, 0.5) is 0 Å². The van der Waals surface area contributed by atoms with E-state index in [4.69, 9.17) is 42.1 Å². The maximum Gasteiger partial charge on any atom is 0.321 e. The number of piperidine rings is 1. The van der Waals surface area contributed by atoms with Crippen molar-refractivity contribution in [3.05, 3.63) is 104 Å². The summed E-state index contributed by atoms with van der Waals surface area (Å²) in [5.41, 5.74) is 6.97. The highest BCUT2D eigenvalue weighted by molar-refractivity contribution is 6.32. The van der Waals surface area contributed by atoms with E-state index in [0.717, 1.165) is 33.4 Å². The highest BCUT2D eigenvalue weighted by Crippen LogP contribution is 2.36. The molecule has 2 aliphatic rings. The average molecular weight is 838 g/mol. The van der Waals surface area contributed by atoms with Crippen molar-refractivity contribution in [1.29, 1.82) is 0 Å². The molecule has 2 aromatic carbocycles. The number of benzene rings is 2. The van der Waals surface area contributed by atoms with Gasteiger partial charge >= 0.3 is 11.9 Å². The molecule has 2 aromatic heterocycles. The van der Waals surface area contributed by atoms with Crippen molar-refractivity contribution in [3.8, 4) is 34.6 Å². The molecule has 58 heavy (non-hydrogen) atoms. The number of aliphatic hydroxyl groups excluding tert-OH is 2. The lowest BCUT2D eigenvalue weighted by Gasteiger charge is -2.35. The van der Waals surface area contributed by atoms with Crippen molar-refractivity contribution in [2.45, 2.75) is 77.6 Å². The maximum absolute atomic E-state index is 11.9. The Labute approximate surface area is 346 Å². The Morgan fingerprint density at radius 1 is 0.759 bits per heavy atom. The number of carboxylic acid groups (broad SMARTS) is 2. The van der Waals surface area contributed by atoms with E-state index in [0.29, 0.717) is 24.1 Å². The summed E-state index contributed by atoms with van der Waals surface area (Å²) in [6.07, 6.45) is 1.52. The number of aromatic nitrogens is 2. The number of rotatable bonds is 15. The normalized spacial score (nSPS) is 18.7. The molecule has 0 saturated carbocycles. The van der Waals surface area contributed by atoms with Crippen LogP contribution in [0.1, 0.15) is 52.6 Å². The smallest absolute Gasteiger partial charge is 0.321 e. The zero-order chi connectivity index (χ0) is 41.7. The molecule has 0 bridgehead atoms. The number of ether oxygens (including phenoxy) is 4. The molecule has 0 unspecified atom stereocenters. The number of pyridine rings is 2. The van der Waals surface area contributed by atoms with Gasteiger partial charge in [0.15, 0.2) is 0 Å². The van der Waals surface area contributed by atoms with Crippen LogP contribution in [-0.2, 0) is 35.9 Å². The van der Waals surface area contributed by atoms with Crippen LogP contribution in [0.25, 0.3) is 11.1 Å². The van der Waals surface area contributed by atoms with Crippen molar-refractivity contribution in [1.82, 2.24) is 19.8 Å². The molecule has 0 aliphatic carbocycles. The molecular weight excluding hydrogens is 791 g/mol. The third-order valence-corrected chi connectivity index (χ3v) is 11.2. The van der Waals surface area contributed by atoms with E-state index in [1.807, 2.05) is 50.2 Å². The number of nitrogens with zero attached hydrogens (tertiary/aromatic N) is 4. The van der Waals surface area contributed by atoms with Crippen LogP contribution in [0, 0.1) is 13.8 Å². The van der Waals surface area contributed by atoms with Crippen LogP contribution >= 0.6 is 23.2 Å². The lowest BCUT2D eigenvalue weighted by Crippen LogP contribution is -2.48. The fourth-order valence-electron chi connectivity index (χ4n) is 7.38. The summed E-state index contributed by atoms with van der Waals surface area (Å²) in [4.78, 5) is 36.3. The predicted molar refractivity (Wildman–Crippen MR) is 216 cm³/mol. The Morgan fingerprint density at radius 2 is 1.26 bits per heavy atom. The summed E-state index contributed by atoms with van der Waals surface area (Å²) >= 11 is 13.3. The van der Waals surface area contributed by atoms with Gasteiger partial charge in [-0.2, -0.15) is 9.97 Å². The minimum absolute atomic E-state index is 0.000154. The van der Waals surface area contributed by atoms with Crippen LogP contribution in [0.2, 0.25) is 10.0 Å². The van der Waals surface area contributed by atoms with Gasteiger partial charge in [0.2, 0.25) is 23.5 Å². The monoisotopic (exact) mass is 836 g/mol. The number of carboxylic acids is 2. The Morgan fingerprint density at radius 3 is 1.74 bits per heavy atom. The first kappa shape index (κ1) is 42.5. The number of hydrogen-bond acceptors (Lipinski definition) is 12. The van der Waals surface area contributed by atoms with E-state index in [1.54, 1.807) is 28.0 Å². The van der Waals surface area contributed by atoms with Crippen LogP contribution in [0.5, 0.6) is 23.5 Å².